The SMILES string of the molecule is O=[N+]([O-])c1ccc2oc(C(Cl)c3ccccc3)cc2c1. The lowest BCUT2D eigenvalue weighted by Gasteiger charge is -2.05. The zero-order valence-electron chi connectivity index (χ0n) is 10.3. The minimum Gasteiger partial charge on any atom is -0.459 e. The summed E-state index contributed by atoms with van der Waals surface area (Å²) < 4.78 is 5.66. The molecule has 0 spiro atoms. The van der Waals surface area contributed by atoms with Gasteiger partial charge in [0, 0.05) is 17.5 Å². The first-order valence-corrected chi connectivity index (χ1v) is 6.46. The molecule has 1 atom stereocenters. The number of alkyl halides is 1. The van der Waals surface area contributed by atoms with Gasteiger partial charge in [-0.05, 0) is 17.7 Å². The van der Waals surface area contributed by atoms with Crippen molar-refractivity contribution in [3.63, 3.8) is 0 Å². The largest absolute Gasteiger partial charge is 0.459 e. The van der Waals surface area contributed by atoms with E-state index in [1.54, 1.807) is 12.1 Å². The number of nitrogens with zero attached hydrogens (tertiary/aromatic N) is 1. The molecular formula is C15H10ClNO3. The molecule has 0 aliphatic carbocycles. The molecule has 100 valence electrons. The van der Waals surface area contributed by atoms with Crippen LogP contribution in [-0.2, 0) is 0 Å². The Morgan fingerprint density at radius 3 is 2.55 bits per heavy atom. The molecule has 0 aliphatic heterocycles. The first-order chi connectivity index (χ1) is 9.65. The van der Waals surface area contributed by atoms with Crippen LogP contribution in [0.3, 0.4) is 0 Å². The first kappa shape index (κ1) is 12.7. The van der Waals surface area contributed by atoms with E-state index in [0.717, 1.165) is 5.56 Å². The number of rotatable bonds is 3. The van der Waals surface area contributed by atoms with Crippen LogP contribution in [0.5, 0.6) is 0 Å². The summed E-state index contributed by atoms with van der Waals surface area (Å²) in [6.45, 7) is 0. The molecule has 0 fully saturated rings. The first-order valence-electron chi connectivity index (χ1n) is 6.02. The van der Waals surface area contributed by atoms with Crippen LogP contribution in [0.15, 0.2) is 59.0 Å². The summed E-state index contributed by atoms with van der Waals surface area (Å²) in [7, 11) is 0. The molecule has 1 heterocycles. The summed E-state index contributed by atoms with van der Waals surface area (Å²) in [5.74, 6) is 0.577. The predicted molar refractivity (Wildman–Crippen MR) is 77.0 cm³/mol. The summed E-state index contributed by atoms with van der Waals surface area (Å²) in [5.41, 5.74) is 1.55. The number of benzene rings is 2. The molecule has 0 amide bonds. The molecule has 4 nitrogen and oxygen atoms in total. The fraction of sp³-hybridized carbons (Fsp3) is 0.0667. The van der Waals surface area contributed by atoms with E-state index in [1.807, 2.05) is 30.3 Å². The average Bonchev–Trinajstić information content (AvgIpc) is 2.90. The van der Waals surface area contributed by atoms with E-state index in [4.69, 9.17) is 16.0 Å². The molecule has 0 bridgehead atoms. The molecule has 2 aromatic carbocycles. The maximum absolute atomic E-state index is 10.8. The number of furan rings is 1. The monoisotopic (exact) mass is 287 g/mol. The molecule has 0 radical (unpaired) electrons. The Morgan fingerprint density at radius 1 is 1.10 bits per heavy atom. The highest BCUT2D eigenvalue weighted by Gasteiger charge is 2.17. The molecule has 0 saturated carbocycles. The van der Waals surface area contributed by atoms with Gasteiger partial charge in [0.1, 0.15) is 16.7 Å². The summed E-state index contributed by atoms with van der Waals surface area (Å²) in [5, 5.41) is 11.0. The van der Waals surface area contributed by atoms with Crippen molar-refractivity contribution in [2.24, 2.45) is 0 Å². The molecule has 0 N–H and O–H groups in total. The molecule has 3 aromatic rings. The smallest absolute Gasteiger partial charge is 0.270 e. The quantitative estimate of drug-likeness (QED) is 0.399. The Kier molecular flexibility index (Phi) is 3.16. The predicted octanol–water partition coefficient (Wildman–Crippen LogP) is 4.67. The highest BCUT2D eigenvalue weighted by atomic mass is 35.5. The van der Waals surface area contributed by atoms with Crippen molar-refractivity contribution in [2.45, 2.75) is 5.38 Å². The van der Waals surface area contributed by atoms with E-state index in [1.165, 1.54) is 12.1 Å². The van der Waals surface area contributed by atoms with Gasteiger partial charge in [-0.2, -0.15) is 0 Å². The average molecular weight is 288 g/mol. The molecule has 20 heavy (non-hydrogen) atoms. The van der Waals surface area contributed by atoms with Crippen molar-refractivity contribution in [3.8, 4) is 0 Å². The van der Waals surface area contributed by atoms with Crippen LogP contribution in [0.2, 0.25) is 0 Å². The summed E-state index contributed by atoms with van der Waals surface area (Å²) >= 11 is 6.38. The van der Waals surface area contributed by atoms with Crippen LogP contribution in [-0.4, -0.2) is 4.92 Å². The van der Waals surface area contributed by atoms with E-state index in [0.29, 0.717) is 16.7 Å². The normalized spacial score (nSPS) is 12.4. The molecule has 5 heteroatoms. The van der Waals surface area contributed by atoms with Crippen molar-refractivity contribution in [1.82, 2.24) is 0 Å². The van der Waals surface area contributed by atoms with Gasteiger partial charge in [-0.15, -0.1) is 11.6 Å². The Balaban J connectivity index is 2.03. The topological polar surface area (TPSA) is 56.3 Å². The Morgan fingerprint density at radius 2 is 1.85 bits per heavy atom. The van der Waals surface area contributed by atoms with Gasteiger partial charge in [0.15, 0.2) is 0 Å². The maximum Gasteiger partial charge on any atom is 0.270 e. The Hall–Kier alpha value is -2.33. The molecule has 1 aromatic heterocycles. The minimum atomic E-state index is -0.429. The number of hydrogen-bond donors (Lipinski definition) is 0. The van der Waals surface area contributed by atoms with Gasteiger partial charge in [0.05, 0.1) is 4.92 Å². The van der Waals surface area contributed by atoms with Crippen LogP contribution >= 0.6 is 11.6 Å². The van der Waals surface area contributed by atoms with Crippen molar-refractivity contribution >= 4 is 28.3 Å². The van der Waals surface area contributed by atoms with E-state index in [9.17, 15) is 10.1 Å². The lowest BCUT2D eigenvalue weighted by Crippen LogP contribution is -1.89. The fourth-order valence-electron chi connectivity index (χ4n) is 2.08. The van der Waals surface area contributed by atoms with Crippen LogP contribution in [0, 0.1) is 10.1 Å². The second kappa shape index (κ2) is 4.98. The molecule has 3 rings (SSSR count). The van der Waals surface area contributed by atoms with Crippen molar-refractivity contribution in [3.05, 3.63) is 76.0 Å². The van der Waals surface area contributed by atoms with E-state index >= 15 is 0 Å². The molecule has 1 unspecified atom stereocenters. The van der Waals surface area contributed by atoms with Gasteiger partial charge >= 0.3 is 0 Å². The number of non-ortho nitro benzene ring substituents is 1. The number of fused-ring (bicyclic) bond motifs is 1. The summed E-state index contributed by atoms with van der Waals surface area (Å²) in [6.07, 6.45) is 0. The summed E-state index contributed by atoms with van der Waals surface area (Å²) in [6, 6.07) is 15.8. The Labute approximate surface area is 119 Å². The van der Waals surface area contributed by atoms with E-state index < -0.39 is 10.3 Å². The third-order valence-electron chi connectivity index (χ3n) is 3.07. The van der Waals surface area contributed by atoms with Gasteiger partial charge in [0.2, 0.25) is 0 Å². The van der Waals surface area contributed by atoms with Crippen LogP contribution in [0.1, 0.15) is 16.7 Å². The van der Waals surface area contributed by atoms with Gasteiger partial charge in [-0.25, -0.2) is 0 Å². The second-order valence-electron chi connectivity index (χ2n) is 4.40. The Bertz CT molecular complexity index is 767. The molecule has 0 saturated heterocycles. The number of nitro groups is 1. The molecular weight excluding hydrogens is 278 g/mol. The van der Waals surface area contributed by atoms with Crippen molar-refractivity contribution in [2.75, 3.05) is 0 Å². The zero-order valence-corrected chi connectivity index (χ0v) is 11.1. The highest BCUT2D eigenvalue weighted by molar-refractivity contribution is 6.22. The second-order valence-corrected chi connectivity index (χ2v) is 4.84. The fourth-order valence-corrected chi connectivity index (χ4v) is 2.33. The minimum absolute atomic E-state index is 0.0377. The van der Waals surface area contributed by atoms with Crippen molar-refractivity contribution < 1.29 is 9.34 Å². The number of nitro benzene ring substituents is 1. The number of hydrogen-bond acceptors (Lipinski definition) is 3. The van der Waals surface area contributed by atoms with Gasteiger partial charge in [-0.1, -0.05) is 30.3 Å². The van der Waals surface area contributed by atoms with Crippen LogP contribution in [0.4, 0.5) is 5.69 Å². The van der Waals surface area contributed by atoms with Gasteiger partial charge in [0.25, 0.3) is 5.69 Å². The maximum atomic E-state index is 10.8. The molecule has 0 aliphatic rings. The zero-order chi connectivity index (χ0) is 14.1. The third-order valence-corrected chi connectivity index (χ3v) is 3.54. The van der Waals surface area contributed by atoms with E-state index in [2.05, 4.69) is 0 Å². The van der Waals surface area contributed by atoms with Crippen molar-refractivity contribution in [1.29, 1.82) is 0 Å². The number of halogens is 1. The highest BCUT2D eigenvalue weighted by Crippen LogP contribution is 2.33. The third kappa shape index (κ3) is 2.26. The van der Waals surface area contributed by atoms with Gasteiger partial charge < -0.3 is 4.42 Å². The lowest BCUT2D eigenvalue weighted by atomic mass is 10.1. The summed E-state index contributed by atoms with van der Waals surface area (Å²) in [4.78, 5) is 10.3. The van der Waals surface area contributed by atoms with Crippen LogP contribution in [0.25, 0.3) is 11.0 Å². The standard InChI is InChI=1S/C15H10ClNO3/c16-15(10-4-2-1-3-5-10)14-9-11-8-12(17(18)19)6-7-13(11)20-14/h1-9,15H. The van der Waals surface area contributed by atoms with E-state index in [-0.39, 0.29) is 5.69 Å². The van der Waals surface area contributed by atoms with Crippen LogP contribution < -0.4 is 0 Å². The van der Waals surface area contributed by atoms with Gasteiger partial charge in [-0.3, -0.25) is 10.1 Å². The lowest BCUT2D eigenvalue weighted by molar-refractivity contribution is -0.384.